The van der Waals surface area contributed by atoms with Crippen molar-refractivity contribution in [1.29, 1.82) is 0 Å². The number of rotatable bonds is 7. The lowest BCUT2D eigenvalue weighted by molar-refractivity contribution is 0.170. The van der Waals surface area contributed by atoms with Crippen LogP contribution in [0.5, 0.6) is 23.0 Å². The summed E-state index contributed by atoms with van der Waals surface area (Å²) in [5.41, 5.74) is 1.23. The predicted molar refractivity (Wildman–Crippen MR) is 111 cm³/mol. The van der Waals surface area contributed by atoms with Gasteiger partial charge in [0, 0.05) is 6.04 Å². The molecule has 5 rings (SSSR count). The first kappa shape index (κ1) is 19.7. The second-order valence-electron chi connectivity index (χ2n) is 7.60. The third-order valence-corrected chi connectivity index (χ3v) is 5.59. The van der Waals surface area contributed by atoms with E-state index in [4.69, 9.17) is 23.5 Å². The summed E-state index contributed by atoms with van der Waals surface area (Å²) in [5, 5.41) is 4.06. The summed E-state index contributed by atoms with van der Waals surface area (Å²) in [6.45, 7) is 3.03. The first-order valence-corrected chi connectivity index (χ1v) is 10.5. The van der Waals surface area contributed by atoms with E-state index in [9.17, 15) is 0 Å². The molecule has 31 heavy (non-hydrogen) atoms. The molecule has 8 heteroatoms. The van der Waals surface area contributed by atoms with Gasteiger partial charge in [-0.2, -0.15) is 4.98 Å². The van der Waals surface area contributed by atoms with Gasteiger partial charge in [0.1, 0.15) is 24.7 Å². The van der Waals surface area contributed by atoms with Crippen LogP contribution >= 0.6 is 0 Å². The molecular weight excluding hydrogens is 398 g/mol. The molecule has 2 aliphatic heterocycles. The van der Waals surface area contributed by atoms with Gasteiger partial charge in [0.25, 0.3) is 0 Å². The van der Waals surface area contributed by atoms with Crippen LogP contribution in [-0.2, 0) is 13.2 Å². The van der Waals surface area contributed by atoms with Crippen molar-refractivity contribution < 1.29 is 23.5 Å². The summed E-state index contributed by atoms with van der Waals surface area (Å²) in [4.78, 5) is 6.88. The minimum atomic E-state index is 0.251. The van der Waals surface area contributed by atoms with Gasteiger partial charge in [0.2, 0.25) is 11.7 Å². The molecule has 0 radical (unpaired) electrons. The molecule has 2 aliphatic rings. The van der Waals surface area contributed by atoms with Crippen LogP contribution in [0.3, 0.4) is 0 Å². The Morgan fingerprint density at radius 3 is 2.68 bits per heavy atom. The lowest BCUT2D eigenvalue weighted by Crippen LogP contribution is -2.23. The van der Waals surface area contributed by atoms with Crippen molar-refractivity contribution in [3.05, 3.63) is 59.7 Å². The smallest absolute Gasteiger partial charge is 0.240 e. The average molecular weight is 423 g/mol. The summed E-state index contributed by atoms with van der Waals surface area (Å²) in [7, 11) is 1.63. The molecule has 0 unspecified atom stereocenters. The zero-order valence-electron chi connectivity index (χ0n) is 17.5. The molecule has 0 aliphatic carbocycles. The summed E-state index contributed by atoms with van der Waals surface area (Å²) < 4.78 is 27.8. The Labute approximate surface area is 180 Å². The van der Waals surface area contributed by atoms with E-state index < -0.39 is 0 Å². The standard InChI is InChI=1S/C23H25N3O5/c1-27-17-5-7-18(8-6-17)30-15-22-24-23(31-25-22)14-26-10-2-3-19(26)16-4-9-20-21(13-16)29-12-11-28-20/h4-9,13,19H,2-3,10-12,14-15H2,1H3/t19-/m0/s1. The zero-order valence-corrected chi connectivity index (χ0v) is 17.5. The largest absolute Gasteiger partial charge is 0.497 e. The molecule has 162 valence electrons. The second kappa shape index (κ2) is 8.85. The van der Waals surface area contributed by atoms with Crippen LogP contribution in [-0.4, -0.2) is 41.9 Å². The lowest BCUT2D eigenvalue weighted by atomic mass is 10.0. The van der Waals surface area contributed by atoms with Crippen LogP contribution in [0.25, 0.3) is 0 Å². The van der Waals surface area contributed by atoms with Crippen LogP contribution in [0.15, 0.2) is 47.0 Å². The van der Waals surface area contributed by atoms with Crippen molar-refractivity contribution in [3.8, 4) is 23.0 Å². The van der Waals surface area contributed by atoms with E-state index >= 15 is 0 Å². The van der Waals surface area contributed by atoms with E-state index in [2.05, 4.69) is 27.2 Å². The van der Waals surface area contributed by atoms with Gasteiger partial charge in [-0.1, -0.05) is 11.2 Å². The summed E-state index contributed by atoms with van der Waals surface area (Å²) in [5.74, 6) is 4.28. The molecule has 0 saturated carbocycles. The fraction of sp³-hybridized carbons (Fsp3) is 0.391. The topological polar surface area (TPSA) is 79.1 Å². The van der Waals surface area contributed by atoms with E-state index in [-0.39, 0.29) is 6.61 Å². The van der Waals surface area contributed by atoms with Crippen LogP contribution in [0.1, 0.15) is 36.2 Å². The Morgan fingerprint density at radius 1 is 1.03 bits per heavy atom. The summed E-state index contributed by atoms with van der Waals surface area (Å²) >= 11 is 0. The molecule has 0 N–H and O–H groups in total. The molecule has 8 nitrogen and oxygen atoms in total. The molecule has 3 heterocycles. The molecule has 1 atom stereocenters. The van der Waals surface area contributed by atoms with Gasteiger partial charge in [-0.3, -0.25) is 4.90 Å². The van der Waals surface area contributed by atoms with Gasteiger partial charge in [0.05, 0.1) is 13.7 Å². The first-order chi connectivity index (χ1) is 15.3. The molecule has 3 aromatic rings. The van der Waals surface area contributed by atoms with Gasteiger partial charge in [-0.25, -0.2) is 0 Å². The fourth-order valence-corrected chi connectivity index (χ4v) is 4.07. The highest BCUT2D eigenvalue weighted by molar-refractivity contribution is 5.44. The zero-order chi connectivity index (χ0) is 21.0. The van der Waals surface area contributed by atoms with E-state index in [1.807, 2.05) is 30.3 Å². The van der Waals surface area contributed by atoms with E-state index in [0.29, 0.717) is 37.5 Å². The molecule has 0 spiro atoms. The van der Waals surface area contributed by atoms with Crippen LogP contribution in [0.4, 0.5) is 0 Å². The number of hydrogen-bond donors (Lipinski definition) is 0. The maximum atomic E-state index is 5.75. The summed E-state index contributed by atoms with van der Waals surface area (Å²) in [6, 6.07) is 13.9. The number of ether oxygens (including phenoxy) is 4. The number of methoxy groups -OCH3 is 1. The van der Waals surface area contributed by atoms with E-state index in [0.717, 1.165) is 42.4 Å². The normalized spacial score (nSPS) is 18.2. The lowest BCUT2D eigenvalue weighted by Gasteiger charge is -2.25. The van der Waals surface area contributed by atoms with E-state index in [1.54, 1.807) is 7.11 Å². The molecular formula is C23H25N3O5. The van der Waals surface area contributed by atoms with Crippen molar-refractivity contribution in [1.82, 2.24) is 15.0 Å². The van der Waals surface area contributed by atoms with E-state index in [1.165, 1.54) is 5.56 Å². The van der Waals surface area contributed by atoms with Crippen molar-refractivity contribution in [2.24, 2.45) is 0 Å². The number of hydrogen-bond acceptors (Lipinski definition) is 8. The SMILES string of the molecule is COc1ccc(OCc2noc(CN3CCC[C@H]3c3ccc4c(c3)OCCO4)n2)cc1. The molecule has 0 bridgehead atoms. The Morgan fingerprint density at radius 2 is 1.84 bits per heavy atom. The molecule has 1 aromatic heterocycles. The van der Waals surface area contributed by atoms with Crippen LogP contribution in [0, 0.1) is 0 Å². The van der Waals surface area contributed by atoms with Crippen LogP contribution < -0.4 is 18.9 Å². The second-order valence-corrected chi connectivity index (χ2v) is 7.60. The number of aromatic nitrogens is 2. The summed E-state index contributed by atoms with van der Waals surface area (Å²) in [6.07, 6.45) is 2.21. The maximum Gasteiger partial charge on any atom is 0.240 e. The maximum absolute atomic E-state index is 5.75. The monoisotopic (exact) mass is 423 g/mol. The van der Waals surface area contributed by atoms with Crippen LogP contribution in [0.2, 0.25) is 0 Å². The fourth-order valence-electron chi connectivity index (χ4n) is 4.07. The number of nitrogens with zero attached hydrogens (tertiary/aromatic N) is 3. The highest BCUT2D eigenvalue weighted by Crippen LogP contribution is 2.38. The van der Waals surface area contributed by atoms with Gasteiger partial charge in [0.15, 0.2) is 18.1 Å². The predicted octanol–water partition coefficient (Wildman–Crippen LogP) is 3.77. The number of likely N-dealkylation sites (tertiary alicyclic amines) is 1. The van der Waals surface area contributed by atoms with Crippen molar-refractivity contribution in [3.63, 3.8) is 0 Å². The van der Waals surface area contributed by atoms with Gasteiger partial charge >= 0.3 is 0 Å². The average Bonchev–Trinajstić information content (AvgIpc) is 3.47. The molecule has 0 amide bonds. The highest BCUT2D eigenvalue weighted by Gasteiger charge is 2.28. The van der Waals surface area contributed by atoms with Gasteiger partial charge in [-0.15, -0.1) is 0 Å². The minimum Gasteiger partial charge on any atom is -0.497 e. The van der Waals surface area contributed by atoms with Crippen molar-refractivity contribution in [2.75, 3.05) is 26.9 Å². The Balaban J connectivity index is 1.21. The Kier molecular flexibility index (Phi) is 5.62. The molecule has 1 fully saturated rings. The molecule has 1 saturated heterocycles. The van der Waals surface area contributed by atoms with Gasteiger partial charge in [-0.05, 0) is 61.3 Å². The highest BCUT2D eigenvalue weighted by atomic mass is 16.6. The third-order valence-electron chi connectivity index (χ3n) is 5.59. The van der Waals surface area contributed by atoms with Crippen molar-refractivity contribution >= 4 is 0 Å². The third kappa shape index (κ3) is 4.44. The Hall–Kier alpha value is -3.26. The first-order valence-electron chi connectivity index (χ1n) is 10.5. The number of benzene rings is 2. The Bertz CT molecular complexity index is 1020. The number of fused-ring (bicyclic) bond motifs is 1. The van der Waals surface area contributed by atoms with Crippen molar-refractivity contribution in [2.45, 2.75) is 32.0 Å². The van der Waals surface area contributed by atoms with Gasteiger partial charge < -0.3 is 23.5 Å². The molecule has 2 aromatic carbocycles. The minimum absolute atomic E-state index is 0.251. The quantitative estimate of drug-likeness (QED) is 0.568.